The summed E-state index contributed by atoms with van der Waals surface area (Å²) < 4.78 is 27.6. The van der Waals surface area contributed by atoms with Gasteiger partial charge >= 0.3 is 0 Å². The number of nitrogens with one attached hydrogen (secondary N) is 1. The highest BCUT2D eigenvalue weighted by molar-refractivity contribution is 7.89. The van der Waals surface area contributed by atoms with E-state index in [2.05, 4.69) is 4.98 Å². The lowest BCUT2D eigenvalue weighted by Gasteiger charge is -2.04. The molecule has 7 heteroatoms. The molecule has 0 spiro atoms. The smallest absolute Gasteiger partial charge is 0.240 e. The zero-order valence-electron chi connectivity index (χ0n) is 8.32. The average molecular weight is 261 g/mol. The van der Waals surface area contributed by atoms with E-state index in [1.807, 2.05) is 0 Å². The molecular formula is C9H9ClN2O3S. The van der Waals surface area contributed by atoms with E-state index in [0.717, 1.165) is 0 Å². The SMILES string of the molecule is COc1c(Cl)ccc2c(S(N)(=O)=O)c[nH]c12. The van der Waals surface area contributed by atoms with Gasteiger partial charge in [0.25, 0.3) is 0 Å². The van der Waals surface area contributed by atoms with Crippen LogP contribution in [-0.4, -0.2) is 20.5 Å². The molecule has 0 aliphatic rings. The van der Waals surface area contributed by atoms with Gasteiger partial charge in [-0.3, -0.25) is 0 Å². The quantitative estimate of drug-likeness (QED) is 0.858. The number of aromatic amines is 1. The number of rotatable bonds is 2. The number of halogens is 1. The van der Waals surface area contributed by atoms with Crippen LogP contribution in [0.1, 0.15) is 0 Å². The second-order valence-corrected chi connectivity index (χ2v) is 5.14. The third-order valence-corrected chi connectivity index (χ3v) is 3.48. The number of H-pyrrole nitrogens is 1. The van der Waals surface area contributed by atoms with Crippen LogP contribution in [0, 0.1) is 0 Å². The largest absolute Gasteiger partial charge is 0.493 e. The Balaban J connectivity index is 2.87. The van der Waals surface area contributed by atoms with Crippen molar-refractivity contribution in [2.24, 2.45) is 5.14 Å². The molecule has 0 saturated carbocycles. The Kier molecular flexibility index (Phi) is 2.57. The minimum absolute atomic E-state index is 0.0254. The number of fused-ring (bicyclic) bond motifs is 1. The number of hydrogen-bond donors (Lipinski definition) is 2. The summed E-state index contributed by atoms with van der Waals surface area (Å²) in [6.45, 7) is 0. The van der Waals surface area contributed by atoms with Crippen molar-refractivity contribution in [3.05, 3.63) is 23.4 Å². The van der Waals surface area contributed by atoms with E-state index in [9.17, 15) is 8.42 Å². The molecule has 0 aliphatic carbocycles. The summed E-state index contributed by atoms with van der Waals surface area (Å²) >= 11 is 5.90. The number of primary sulfonamides is 1. The lowest BCUT2D eigenvalue weighted by molar-refractivity contribution is 0.419. The van der Waals surface area contributed by atoms with E-state index in [-0.39, 0.29) is 4.90 Å². The van der Waals surface area contributed by atoms with Gasteiger partial charge in [0.05, 0.1) is 17.6 Å². The van der Waals surface area contributed by atoms with Crippen molar-refractivity contribution in [2.75, 3.05) is 7.11 Å². The maximum atomic E-state index is 11.3. The number of methoxy groups -OCH3 is 1. The summed E-state index contributed by atoms with van der Waals surface area (Å²) in [6.07, 6.45) is 1.32. The van der Waals surface area contributed by atoms with Crippen molar-refractivity contribution >= 4 is 32.5 Å². The van der Waals surface area contributed by atoms with Crippen LogP contribution in [0.3, 0.4) is 0 Å². The second-order valence-electron chi connectivity index (χ2n) is 3.20. The number of benzene rings is 1. The van der Waals surface area contributed by atoms with Crippen molar-refractivity contribution in [2.45, 2.75) is 4.90 Å². The molecule has 0 radical (unpaired) electrons. The number of aromatic nitrogens is 1. The highest BCUT2D eigenvalue weighted by Gasteiger charge is 2.17. The Bertz CT molecular complexity index is 648. The summed E-state index contributed by atoms with van der Waals surface area (Å²) in [7, 11) is -2.30. The summed E-state index contributed by atoms with van der Waals surface area (Å²) in [5, 5.41) is 5.94. The van der Waals surface area contributed by atoms with Gasteiger partial charge in [-0.2, -0.15) is 0 Å². The first-order valence-electron chi connectivity index (χ1n) is 4.31. The first-order chi connectivity index (χ1) is 7.45. The monoisotopic (exact) mass is 260 g/mol. The minimum atomic E-state index is -3.75. The maximum Gasteiger partial charge on any atom is 0.240 e. The fourth-order valence-corrected chi connectivity index (χ4v) is 2.49. The van der Waals surface area contributed by atoms with Crippen molar-refractivity contribution in [1.29, 1.82) is 0 Å². The molecule has 1 aromatic carbocycles. The molecule has 2 rings (SSSR count). The molecule has 0 amide bonds. The van der Waals surface area contributed by atoms with Gasteiger partial charge in [0.15, 0.2) is 5.75 Å². The molecule has 0 aliphatic heterocycles. The van der Waals surface area contributed by atoms with Crippen LogP contribution < -0.4 is 9.88 Å². The molecule has 0 fully saturated rings. The lowest BCUT2D eigenvalue weighted by Crippen LogP contribution is -2.11. The molecule has 0 atom stereocenters. The minimum Gasteiger partial charge on any atom is -0.493 e. The fraction of sp³-hybridized carbons (Fsp3) is 0.111. The van der Waals surface area contributed by atoms with Crippen LogP contribution in [0.5, 0.6) is 5.75 Å². The zero-order valence-corrected chi connectivity index (χ0v) is 9.89. The highest BCUT2D eigenvalue weighted by atomic mass is 35.5. The predicted molar refractivity (Wildman–Crippen MR) is 61.2 cm³/mol. The van der Waals surface area contributed by atoms with E-state index in [4.69, 9.17) is 21.5 Å². The average Bonchev–Trinajstić information content (AvgIpc) is 2.60. The summed E-state index contributed by atoms with van der Waals surface area (Å²) in [5.74, 6) is 0.397. The molecule has 1 heterocycles. The van der Waals surface area contributed by atoms with Crippen LogP contribution in [0.25, 0.3) is 10.9 Å². The van der Waals surface area contributed by atoms with Crippen molar-refractivity contribution in [3.63, 3.8) is 0 Å². The predicted octanol–water partition coefficient (Wildman–Crippen LogP) is 1.48. The highest BCUT2D eigenvalue weighted by Crippen LogP contribution is 2.34. The zero-order chi connectivity index (χ0) is 11.9. The van der Waals surface area contributed by atoms with E-state index < -0.39 is 10.0 Å². The summed E-state index contributed by atoms with van der Waals surface area (Å²) in [5.41, 5.74) is 0.513. The number of sulfonamides is 1. The van der Waals surface area contributed by atoms with Crippen molar-refractivity contribution < 1.29 is 13.2 Å². The van der Waals surface area contributed by atoms with Crippen LogP contribution in [0.2, 0.25) is 5.02 Å². The van der Waals surface area contributed by atoms with E-state index in [1.165, 1.54) is 13.3 Å². The first kappa shape index (κ1) is 11.3. The van der Waals surface area contributed by atoms with Crippen LogP contribution in [0.4, 0.5) is 0 Å². The summed E-state index contributed by atoms with van der Waals surface area (Å²) in [4.78, 5) is 2.81. The summed E-state index contributed by atoms with van der Waals surface area (Å²) in [6, 6.07) is 3.14. The van der Waals surface area contributed by atoms with Gasteiger partial charge in [-0.15, -0.1) is 0 Å². The van der Waals surface area contributed by atoms with Gasteiger partial charge in [-0.1, -0.05) is 11.6 Å². The Morgan fingerprint density at radius 1 is 1.44 bits per heavy atom. The number of nitrogens with two attached hydrogens (primary N) is 1. The molecule has 1 aromatic heterocycles. The van der Waals surface area contributed by atoms with E-state index >= 15 is 0 Å². The first-order valence-corrected chi connectivity index (χ1v) is 6.24. The normalized spacial score (nSPS) is 11.9. The number of hydrogen-bond acceptors (Lipinski definition) is 3. The van der Waals surface area contributed by atoms with Gasteiger partial charge in [-0.05, 0) is 12.1 Å². The molecule has 16 heavy (non-hydrogen) atoms. The van der Waals surface area contributed by atoms with Gasteiger partial charge in [0.1, 0.15) is 4.90 Å². The molecule has 3 N–H and O–H groups in total. The molecule has 0 unspecified atom stereocenters. The Morgan fingerprint density at radius 2 is 2.12 bits per heavy atom. The fourth-order valence-electron chi connectivity index (χ4n) is 1.56. The van der Waals surface area contributed by atoms with Gasteiger partial charge in [0, 0.05) is 11.6 Å². The van der Waals surface area contributed by atoms with E-state index in [0.29, 0.717) is 21.7 Å². The van der Waals surface area contributed by atoms with Crippen LogP contribution in [-0.2, 0) is 10.0 Å². The number of ether oxygens (including phenoxy) is 1. The van der Waals surface area contributed by atoms with Gasteiger partial charge < -0.3 is 9.72 Å². The molecule has 0 bridgehead atoms. The van der Waals surface area contributed by atoms with Crippen molar-refractivity contribution in [1.82, 2.24) is 4.98 Å². The topological polar surface area (TPSA) is 85.2 Å². The molecule has 86 valence electrons. The van der Waals surface area contributed by atoms with Crippen LogP contribution >= 0.6 is 11.6 Å². The molecular weight excluding hydrogens is 252 g/mol. The Morgan fingerprint density at radius 3 is 2.69 bits per heavy atom. The maximum absolute atomic E-state index is 11.3. The lowest BCUT2D eigenvalue weighted by atomic mass is 10.2. The van der Waals surface area contributed by atoms with Crippen molar-refractivity contribution in [3.8, 4) is 5.75 Å². The standard InChI is InChI=1S/C9H9ClN2O3S/c1-15-9-6(10)3-2-5-7(16(11,13)14)4-12-8(5)9/h2-4,12H,1H3,(H2,11,13,14). The third-order valence-electron chi connectivity index (χ3n) is 2.23. The molecule has 0 saturated heterocycles. The Hall–Kier alpha value is -1.24. The van der Waals surface area contributed by atoms with E-state index in [1.54, 1.807) is 12.1 Å². The third kappa shape index (κ3) is 1.64. The van der Waals surface area contributed by atoms with Gasteiger partial charge in [0.2, 0.25) is 10.0 Å². The second kappa shape index (κ2) is 3.65. The van der Waals surface area contributed by atoms with Crippen LogP contribution in [0.15, 0.2) is 23.2 Å². The molecule has 2 aromatic rings. The molecule has 5 nitrogen and oxygen atoms in total. The Labute approximate surface area is 97.2 Å². The van der Waals surface area contributed by atoms with Gasteiger partial charge in [-0.25, -0.2) is 13.6 Å².